The fraction of sp³-hybridized carbons (Fsp3) is 0.385. The summed E-state index contributed by atoms with van der Waals surface area (Å²) in [7, 11) is 0. The van der Waals surface area contributed by atoms with Crippen molar-refractivity contribution in [3.8, 4) is 0 Å². The fourth-order valence-electron chi connectivity index (χ4n) is 1.66. The van der Waals surface area contributed by atoms with Gasteiger partial charge in [0.15, 0.2) is 5.12 Å². The first-order chi connectivity index (χ1) is 8.06. The molecule has 1 rings (SSSR count). The highest BCUT2D eigenvalue weighted by atomic mass is 32.2. The normalized spacial score (nSPS) is 13.6. The van der Waals surface area contributed by atoms with Crippen molar-refractivity contribution in [3.63, 3.8) is 0 Å². The zero-order valence-corrected chi connectivity index (χ0v) is 11.0. The summed E-state index contributed by atoms with van der Waals surface area (Å²) >= 11 is 1.20. The molecule has 0 radical (unpaired) electrons. The molecular formula is C13H15NO2S. The number of nitrogens with zero attached hydrogens (tertiary/aromatic N) is 1. The Morgan fingerprint density at radius 3 is 2.59 bits per heavy atom. The molecule has 0 spiro atoms. The third kappa shape index (κ3) is 3.84. The number of hydrogen-bond donors (Lipinski definition) is 0. The Morgan fingerprint density at radius 1 is 1.41 bits per heavy atom. The van der Waals surface area contributed by atoms with E-state index in [2.05, 4.69) is 4.99 Å². The van der Waals surface area contributed by atoms with E-state index >= 15 is 0 Å². The predicted octanol–water partition coefficient (Wildman–Crippen LogP) is 3.04. The molecule has 2 atom stereocenters. The molecule has 0 fully saturated rings. The van der Waals surface area contributed by atoms with Crippen LogP contribution in [0.15, 0.2) is 29.3 Å². The topological polar surface area (TPSA) is 46.5 Å². The second kappa shape index (κ2) is 6.38. The molecule has 0 aliphatic carbocycles. The van der Waals surface area contributed by atoms with Gasteiger partial charge < -0.3 is 0 Å². The quantitative estimate of drug-likeness (QED) is 0.608. The molecule has 0 saturated carbocycles. The molecule has 1 unspecified atom stereocenters. The van der Waals surface area contributed by atoms with Gasteiger partial charge in [-0.05, 0) is 25.0 Å². The van der Waals surface area contributed by atoms with Crippen molar-refractivity contribution in [1.29, 1.82) is 0 Å². The lowest BCUT2D eigenvalue weighted by Crippen LogP contribution is -2.12. The van der Waals surface area contributed by atoms with Crippen molar-refractivity contribution in [2.45, 2.75) is 32.1 Å². The van der Waals surface area contributed by atoms with Gasteiger partial charge in [-0.2, -0.15) is 0 Å². The molecule has 0 saturated heterocycles. The zero-order valence-electron chi connectivity index (χ0n) is 10.1. The van der Waals surface area contributed by atoms with Gasteiger partial charge in [-0.25, -0.2) is 9.79 Å². The number of aryl methyl sites for hydroxylation is 1. The first kappa shape index (κ1) is 13.7. The van der Waals surface area contributed by atoms with Crippen LogP contribution in [0.3, 0.4) is 0 Å². The summed E-state index contributed by atoms with van der Waals surface area (Å²) in [4.78, 5) is 25.3. The van der Waals surface area contributed by atoms with Crippen LogP contribution in [0.4, 0.5) is 0 Å². The third-order valence-corrected chi connectivity index (χ3v) is 3.72. The molecule has 90 valence electrons. The molecule has 0 amide bonds. The number of thioether (sulfide) groups is 1. The molecule has 0 N–H and O–H groups in total. The highest BCUT2D eigenvalue weighted by Gasteiger charge is 2.22. The Balaban J connectivity index is 3.09. The van der Waals surface area contributed by atoms with E-state index in [-0.39, 0.29) is 16.4 Å². The molecule has 0 aromatic heterocycles. The first-order valence-corrected chi connectivity index (χ1v) is 6.24. The van der Waals surface area contributed by atoms with Gasteiger partial charge in [0.25, 0.3) is 0 Å². The van der Waals surface area contributed by atoms with Gasteiger partial charge in [-0.15, -0.1) is 0 Å². The number of rotatable bonds is 4. The van der Waals surface area contributed by atoms with E-state index in [0.717, 1.165) is 11.1 Å². The summed E-state index contributed by atoms with van der Waals surface area (Å²) in [6, 6.07) is 7.56. The van der Waals surface area contributed by atoms with Crippen LogP contribution in [0.1, 0.15) is 30.2 Å². The number of aliphatic imine (C=N–C) groups is 1. The highest BCUT2D eigenvalue weighted by Crippen LogP contribution is 2.35. The Bertz CT molecular complexity index is 452. The van der Waals surface area contributed by atoms with Crippen LogP contribution in [0.2, 0.25) is 0 Å². The van der Waals surface area contributed by atoms with Gasteiger partial charge in [0.2, 0.25) is 6.08 Å². The smallest absolute Gasteiger partial charge is 0.235 e. The Morgan fingerprint density at radius 2 is 2.06 bits per heavy atom. The fourth-order valence-corrected chi connectivity index (χ4v) is 2.66. The number of carbonyl (C=O) groups is 1. The monoisotopic (exact) mass is 249 g/mol. The maximum Gasteiger partial charge on any atom is 0.235 e. The minimum atomic E-state index is -0.262. The predicted molar refractivity (Wildman–Crippen MR) is 69.8 cm³/mol. The average molecular weight is 249 g/mol. The van der Waals surface area contributed by atoms with E-state index in [4.69, 9.17) is 0 Å². The van der Waals surface area contributed by atoms with Gasteiger partial charge in [-0.3, -0.25) is 4.79 Å². The third-order valence-electron chi connectivity index (χ3n) is 2.48. The summed E-state index contributed by atoms with van der Waals surface area (Å²) in [6.45, 7) is 5.33. The summed E-state index contributed by atoms with van der Waals surface area (Å²) in [5.74, 6) is 0. The minimum Gasteiger partial charge on any atom is -0.288 e. The number of carbonyl (C=O) groups excluding carboxylic acids is 2. The zero-order chi connectivity index (χ0) is 12.8. The Hall–Kier alpha value is -1.38. The van der Waals surface area contributed by atoms with E-state index in [0.29, 0.717) is 0 Å². The van der Waals surface area contributed by atoms with Gasteiger partial charge in [0.1, 0.15) is 0 Å². The lowest BCUT2D eigenvalue weighted by Gasteiger charge is -2.20. The number of hydrogen-bond acceptors (Lipinski definition) is 4. The van der Waals surface area contributed by atoms with E-state index in [1.54, 1.807) is 6.08 Å². The average Bonchev–Trinajstić information content (AvgIpc) is 2.27. The summed E-state index contributed by atoms with van der Waals surface area (Å²) in [5.41, 5.74) is 2.14. The molecule has 3 nitrogen and oxygen atoms in total. The van der Waals surface area contributed by atoms with Crippen LogP contribution in [0, 0.1) is 6.92 Å². The van der Waals surface area contributed by atoms with Crippen LogP contribution in [0.25, 0.3) is 0 Å². The van der Waals surface area contributed by atoms with Crippen molar-refractivity contribution < 1.29 is 9.59 Å². The number of benzene rings is 1. The Labute approximate surface area is 105 Å². The van der Waals surface area contributed by atoms with Gasteiger partial charge in [0, 0.05) is 6.92 Å². The van der Waals surface area contributed by atoms with Crippen molar-refractivity contribution in [3.05, 3.63) is 35.4 Å². The molecule has 0 aliphatic heterocycles. The van der Waals surface area contributed by atoms with Crippen molar-refractivity contribution in [2.75, 3.05) is 0 Å². The van der Waals surface area contributed by atoms with Gasteiger partial charge in [-0.1, -0.05) is 36.0 Å². The maximum absolute atomic E-state index is 11.3. The van der Waals surface area contributed by atoms with Crippen LogP contribution in [-0.4, -0.2) is 17.2 Å². The van der Waals surface area contributed by atoms with Crippen LogP contribution >= 0.6 is 11.8 Å². The summed E-state index contributed by atoms with van der Waals surface area (Å²) < 4.78 is 0. The van der Waals surface area contributed by atoms with E-state index in [9.17, 15) is 9.59 Å². The summed E-state index contributed by atoms with van der Waals surface area (Å²) in [5, 5.41) is -0.110. The van der Waals surface area contributed by atoms with E-state index < -0.39 is 0 Å². The van der Waals surface area contributed by atoms with Crippen molar-refractivity contribution in [1.82, 2.24) is 0 Å². The van der Waals surface area contributed by atoms with Crippen LogP contribution in [0.5, 0.6) is 0 Å². The molecule has 0 bridgehead atoms. The van der Waals surface area contributed by atoms with Crippen LogP contribution in [-0.2, 0) is 9.59 Å². The first-order valence-electron chi connectivity index (χ1n) is 5.36. The lowest BCUT2D eigenvalue weighted by atomic mass is 10.0. The molecular weight excluding hydrogens is 234 g/mol. The van der Waals surface area contributed by atoms with E-state index in [1.165, 1.54) is 18.7 Å². The molecule has 4 heteroatoms. The van der Waals surface area contributed by atoms with Gasteiger partial charge in [0.05, 0.1) is 11.3 Å². The second-order valence-electron chi connectivity index (χ2n) is 3.85. The molecule has 1 aromatic carbocycles. The minimum absolute atomic E-state index is 0.0196. The molecule has 17 heavy (non-hydrogen) atoms. The molecule has 0 aliphatic rings. The van der Waals surface area contributed by atoms with Gasteiger partial charge >= 0.3 is 0 Å². The Kier molecular flexibility index (Phi) is 5.13. The van der Waals surface area contributed by atoms with Crippen molar-refractivity contribution in [2.24, 2.45) is 4.99 Å². The largest absolute Gasteiger partial charge is 0.288 e. The SMILES string of the molecule is CC(=O)SC(c1ccccc1C)[C@@H](C)N=C=O. The maximum atomic E-state index is 11.3. The molecule has 1 aromatic rings. The van der Waals surface area contributed by atoms with Crippen molar-refractivity contribution >= 4 is 23.0 Å². The lowest BCUT2D eigenvalue weighted by molar-refractivity contribution is -0.109. The van der Waals surface area contributed by atoms with E-state index in [1.807, 2.05) is 38.1 Å². The molecule has 0 heterocycles. The highest BCUT2D eigenvalue weighted by molar-refractivity contribution is 8.13. The standard InChI is InChI=1S/C13H15NO2S/c1-9-6-4-5-7-12(9)13(17-11(3)16)10(2)14-8-15/h4-7,10,13H,1-3H3/t10-,13?/m1/s1. The second-order valence-corrected chi connectivity index (χ2v) is 5.17. The number of isocyanates is 1. The summed E-state index contributed by atoms with van der Waals surface area (Å²) in [6.07, 6.45) is 1.56. The van der Waals surface area contributed by atoms with Crippen LogP contribution < -0.4 is 0 Å².